The van der Waals surface area contributed by atoms with Crippen LogP contribution in [0.15, 0.2) is 24.3 Å². The Hall–Kier alpha value is -1.71. The Morgan fingerprint density at radius 2 is 1.92 bits per heavy atom. The van der Waals surface area contributed by atoms with Gasteiger partial charge >= 0.3 is 6.09 Å². The first-order valence-electron chi connectivity index (χ1n) is 9.21. The molecule has 0 aromatic heterocycles. The van der Waals surface area contributed by atoms with E-state index in [4.69, 9.17) is 4.74 Å². The van der Waals surface area contributed by atoms with Crippen molar-refractivity contribution < 1.29 is 9.53 Å². The zero-order valence-electron chi connectivity index (χ0n) is 15.5. The molecule has 2 unspecified atom stereocenters. The predicted molar refractivity (Wildman–Crippen MR) is 99.5 cm³/mol. The van der Waals surface area contributed by atoms with Gasteiger partial charge in [-0.05, 0) is 64.5 Å². The van der Waals surface area contributed by atoms with Gasteiger partial charge < -0.3 is 15.4 Å². The van der Waals surface area contributed by atoms with E-state index < -0.39 is 5.60 Å². The maximum absolute atomic E-state index is 12.0. The van der Waals surface area contributed by atoms with Gasteiger partial charge in [0.1, 0.15) is 5.60 Å². The van der Waals surface area contributed by atoms with Gasteiger partial charge in [0.25, 0.3) is 0 Å². The van der Waals surface area contributed by atoms with Gasteiger partial charge in [-0.15, -0.1) is 0 Å². The Morgan fingerprint density at radius 3 is 2.62 bits per heavy atom. The lowest BCUT2D eigenvalue weighted by Crippen LogP contribution is -2.43. The van der Waals surface area contributed by atoms with E-state index in [9.17, 15) is 4.79 Å². The van der Waals surface area contributed by atoms with Crippen LogP contribution in [-0.4, -0.2) is 23.8 Å². The lowest BCUT2D eigenvalue weighted by atomic mass is 9.90. The summed E-state index contributed by atoms with van der Waals surface area (Å²) in [4.78, 5) is 12.0. The molecule has 0 radical (unpaired) electrons. The SMILES string of the molecule is CCCc1ccccc1NC1CCCC(NC(=O)OC(C)(C)C)C1. The number of ether oxygens (including phenoxy) is 1. The molecular formula is C20H32N2O2. The van der Waals surface area contributed by atoms with Crippen molar-refractivity contribution in [3.63, 3.8) is 0 Å². The van der Waals surface area contributed by atoms with Gasteiger partial charge in [0.2, 0.25) is 0 Å². The normalized spacial score (nSPS) is 21.2. The van der Waals surface area contributed by atoms with Gasteiger partial charge in [-0.1, -0.05) is 31.5 Å². The fourth-order valence-electron chi connectivity index (χ4n) is 3.29. The Kier molecular flexibility index (Phi) is 6.52. The van der Waals surface area contributed by atoms with Gasteiger partial charge in [-0.2, -0.15) is 0 Å². The first-order valence-corrected chi connectivity index (χ1v) is 9.21. The molecule has 0 bridgehead atoms. The molecule has 1 aromatic rings. The molecule has 0 heterocycles. The van der Waals surface area contributed by atoms with Crippen molar-refractivity contribution in [1.82, 2.24) is 5.32 Å². The van der Waals surface area contributed by atoms with Crippen LogP contribution in [0.1, 0.15) is 65.4 Å². The molecule has 1 aliphatic rings. The maximum atomic E-state index is 12.0. The topological polar surface area (TPSA) is 50.4 Å². The number of carbonyl (C=O) groups is 1. The van der Waals surface area contributed by atoms with Crippen LogP contribution in [0.5, 0.6) is 0 Å². The fraction of sp³-hybridized carbons (Fsp3) is 0.650. The van der Waals surface area contributed by atoms with E-state index in [1.165, 1.54) is 11.3 Å². The number of nitrogens with one attached hydrogen (secondary N) is 2. The molecule has 2 N–H and O–H groups in total. The number of hydrogen-bond acceptors (Lipinski definition) is 3. The number of carbonyl (C=O) groups excluding carboxylic acids is 1. The van der Waals surface area contributed by atoms with Gasteiger partial charge in [0.05, 0.1) is 0 Å². The van der Waals surface area contributed by atoms with Crippen molar-refractivity contribution in [2.75, 3.05) is 5.32 Å². The van der Waals surface area contributed by atoms with E-state index in [1.54, 1.807) is 0 Å². The summed E-state index contributed by atoms with van der Waals surface area (Å²) in [5.74, 6) is 0. The van der Waals surface area contributed by atoms with E-state index >= 15 is 0 Å². The summed E-state index contributed by atoms with van der Waals surface area (Å²) in [5.41, 5.74) is 2.17. The molecule has 4 nitrogen and oxygen atoms in total. The third kappa shape index (κ3) is 6.06. The van der Waals surface area contributed by atoms with Crippen LogP contribution >= 0.6 is 0 Å². The molecule has 1 aromatic carbocycles. The van der Waals surface area contributed by atoms with Crippen molar-refractivity contribution in [3.8, 4) is 0 Å². The van der Waals surface area contributed by atoms with E-state index in [0.29, 0.717) is 6.04 Å². The molecule has 0 spiro atoms. The number of rotatable bonds is 5. The highest BCUT2D eigenvalue weighted by atomic mass is 16.6. The summed E-state index contributed by atoms with van der Waals surface area (Å²) in [6, 6.07) is 9.13. The summed E-state index contributed by atoms with van der Waals surface area (Å²) < 4.78 is 5.37. The minimum Gasteiger partial charge on any atom is -0.444 e. The third-order valence-corrected chi connectivity index (χ3v) is 4.29. The second kappa shape index (κ2) is 8.41. The molecule has 4 heteroatoms. The predicted octanol–water partition coefficient (Wildman–Crippen LogP) is 4.89. The summed E-state index contributed by atoms with van der Waals surface area (Å²) in [5, 5.41) is 6.72. The molecule has 24 heavy (non-hydrogen) atoms. The number of anilines is 1. The van der Waals surface area contributed by atoms with E-state index in [2.05, 4.69) is 41.8 Å². The molecule has 2 atom stereocenters. The molecule has 0 aliphatic heterocycles. The smallest absolute Gasteiger partial charge is 0.407 e. The van der Waals surface area contributed by atoms with Crippen molar-refractivity contribution in [2.24, 2.45) is 0 Å². The lowest BCUT2D eigenvalue weighted by Gasteiger charge is -2.32. The Bertz CT molecular complexity index is 537. The van der Waals surface area contributed by atoms with E-state index in [1.807, 2.05) is 20.8 Å². The lowest BCUT2D eigenvalue weighted by molar-refractivity contribution is 0.0492. The number of hydrogen-bond donors (Lipinski definition) is 2. The average molecular weight is 332 g/mol. The summed E-state index contributed by atoms with van der Waals surface area (Å²) in [7, 11) is 0. The number of alkyl carbamates (subject to hydrolysis) is 1. The largest absolute Gasteiger partial charge is 0.444 e. The number of benzene rings is 1. The molecule has 1 amide bonds. The quantitative estimate of drug-likeness (QED) is 0.807. The second-order valence-electron chi connectivity index (χ2n) is 7.76. The Balaban J connectivity index is 1.90. The highest BCUT2D eigenvalue weighted by Crippen LogP contribution is 2.25. The van der Waals surface area contributed by atoms with E-state index in [-0.39, 0.29) is 12.1 Å². The molecule has 134 valence electrons. The molecule has 1 saturated carbocycles. The zero-order valence-corrected chi connectivity index (χ0v) is 15.5. The number of para-hydroxylation sites is 1. The average Bonchev–Trinajstić information content (AvgIpc) is 2.48. The summed E-state index contributed by atoms with van der Waals surface area (Å²) >= 11 is 0. The summed E-state index contributed by atoms with van der Waals surface area (Å²) in [6.45, 7) is 7.88. The number of amides is 1. The van der Waals surface area contributed by atoms with Gasteiger partial charge in [0.15, 0.2) is 0 Å². The van der Waals surface area contributed by atoms with Crippen LogP contribution in [0.4, 0.5) is 10.5 Å². The molecule has 0 saturated heterocycles. The zero-order chi connectivity index (χ0) is 17.6. The molecule has 1 aliphatic carbocycles. The van der Waals surface area contributed by atoms with Crippen molar-refractivity contribution >= 4 is 11.8 Å². The molecule has 1 fully saturated rings. The highest BCUT2D eigenvalue weighted by molar-refractivity contribution is 5.68. The van der Waals surface area contributed by atoms with Crippen LogP contribution in [-0.2, 0) is 11.2 Å². The van der Waals surface area contributed by atoms with Crippen LogP contribution in [0.3, 0.4) is 0 Å². The molecule has 2 rings (SSSR count). The van der Waals surface area contributed by atoms with Crippen molar-refractivity contribution in [2.45, 2.75) is 83.9 Å². The first-order chi connectivity index (χ1) is 11.4. The van der Waals surface area contributed by atoms with Crippen LogP contribution < -0.4 is 10.6 Å². The second-order valence-corrected chi connectivity index (χ2v) is 7.76. The maximum Gasteiger partial charge on any atom is 0.407 e. The Labute approximate surface area is 146 Å². The minimum absolute atomic E-state index is 0.185. The van der Waals surface area contributed by atoms with Crippen LogP contribution in [0, 0.1) is 0 Å². The molecular weight excluding hydrogens is 300 g/mol. The third-order valence-electron chi connectivity index (χ3n) is 4.29. The summed E-state index contributed by atoms with van der Waals surface area (Å²) in [6.07, 6.45) is 6.16. The van der Waals surface area contributed by atoms with Gasteiger partial charge in [-0.25, -0.2) is 4.79 Å². The van der Waals surface area contributed by atoms with Crippen LogP contribution in [0.25, 0.3) is 0 Å². The number of aryl methyl sites for hydroxylation is 1. The fourth-order valence-corrected chi connectivity index (χ4v) is 3.29. The first kappa shape index (κ1) is 18.6. The Morgan fingerprint density at radius 1 is 1.21 bits per heavy atom. The van der Waals surface area contributed by atoms with Crippen LogP contribution in [0.2, 0.25) is 0 Å². The monoisotopic (exact) mass is 332 g/mol. The standard InChI is InChI=1S/C20H32N2O2/c1-5-9-15-10-6-7-13-18(15)21-16-11-8-12-17(14-16)22-19(23)24-20(2,3)4/h6-7,10,13,16-17,21H,5,8-9,11-12,14H2,1-4H3,(H,22,23). The highest BCUT2D eigenvalue weighted by Gasteiger charge is 2.25. The van der Waals surface area contributed by atoms with Gasteiger partial charge in [0, 0.05) is 17.8 Å². The van der Waals surface area contributed by atoms with Gasteiger partial charge in [-0.3, -0.25) is 0 Å². The minimum atomic E-state index is -0.449. The van der Waals surface area contributed by atoms with Crippen molar-refractivity contribution in [3.05, 3.63) is 29.8 Å². The van der Waals surface area contributed by atoms with Crippen molar-refractivity contribution in [1.29, 1.82) is 0 Å². The van der Waals surface area contributed by atoms with E-state index in [0.717, 1.165) is 38.5 Å².